The summed E-state index contributed by atoms with van der Waals surface area (Å²) in [5, 5.41) is 0. The molecule has 2 aliphatic rings. The molecule has 1 fully saturated rings. The van der Waals surface area contributed by atoms with Gasteiger partial charge in [-0.15, -0.1) is 0 Å². The van der Waals surface area contributed by atoms with Crippen LogP contribution in [0.3, 0.4) is 0 Å². The van der Waals surface area contributed by atoms with Crippen molar-refractivity contribution in [3.05, 3.63) is 41.7 Å². The van der Waals surface area contributed by atoms with Gasteiger partial charge in [0.05, 0.1) is 5.69 Å². The molecule has 0 atom stereocenters. The zero-order valence-corrected chi connectivity index (χ0v) is 14.2. The molecule has 4 nitrogen and oxygen atoms in total. The van der Waals surface area contributed by atoms with E-state index in [-0.39, 0.29) is 5.91 Å². The Bertz CT molecular complexity index is 714. The van der Waals surface area contributed by atoms with Crippen molar-refractivity contribution in [2.24, 2.45) is 0 Å². The average Bonchev–Trinajstić information content (AvgIpc) is 2.84. The lowest BCUT2D eigenvalue weighted by molar-refractivity contribution is 0.0717. The second-order valence-corrected chi connectivity index (χ2v) is 6.91. The highest BCUT2D eigenvalue weighted by Gasteiger charge is 2.27. The Labute approximate surface area is 143 Å². The Morgan fingerprint density at radius 1 is 0.875 bits per heavy atom. The quantitative estimate of drug-likeness (QED) is 0.840. The van der Waals surface area contributed by atoms with Crippen LogP contribution < -0.4 is 0 Å². The normalized spacial score (nSPS) is 18.1. The van der Waals surface area contributed by atoms with Crippen LogP contribution in [0.2, 0.25) is 0 Å². The van der Waals surface area contributed by atoms with E-state index in [2.05, 4.69) is 16.7 Å². The molecule has 1 amide bonds. The maximum absolute atomic E-state index is 13.1. The van der Waals surface area contributed by atoms with Crippen LogP contribution in [0.15, 0.2) is 30.3 Å². The molecule has 0 radical (unpaired) electrons. The fourth-order valence-electron chi connectivity index (χ4n) is 3.95. The number of rotatable bonds is 2. The number of nitrogens with zero attached hydrogens (tertiary/aromatic N) is 3. The second-order valence-electron chi connectivity index (χ2n) is 6.91. The van der Waals surface area contributed by atoms with Gasteiger partial charge in [0, 0.05) is 25.2 Å². The van der Waals surface area contributed by atoms with Crippen LogP contribution in [0.5, 0.6) is 0 Å². The Morgan fingerprint density at radius 2 is 1.58 bits per heavy atom. The van der Waals surface area contributed by atoms with Crippen LogP contribution >= 0.6 is 0 Å². The summed E-state index contributed by atoms with van der Waals surface area (Å²) >= 11 is 0. The van der Waals surface area contributed by atoms with Gasteiger partial charge in [-0.05, 0) is 38.5 Å². The van der Waals surface area contributed by atoms with E-state index >= 15 is 0 Å². The van der Waals surface area contributed by atoms with E-state index in [1.54, 1.807) is 0 Å². The molecule has 2 aromatic rings. The van der Waals surface area contributed by atoms with Crippen LogP contribution in [0.25, 0.3) is 11.4 Å². The van der Waals surface area contributed by atoms with Crippen LogP contribution in [0.4, 0.5) is 0 Å². The lowest BCUT2D eigenvalue weighted by Gasteiger charge is -2.26. The Kier molecular flexibility index (Phi) is 4.37. The molecular formula is C20H25N3O. The number of carbonyl (C=O) groups is 1. The van der Waals surface area contributed by atoms with E-state index < -0.39 is 0 Å². The SMILES string of the molecule is O=C(c1nc(-c2ccccc2)n2c1CCCCC2)N1CCCCC1. The summed E-state index contributed by atoms with van der Waals surface area (Å²) in [5.74, 6) is 1.11. The number of piperidine rings is 1. The van der Waals surface area contributed by atoms with Gasteiger partial charge < -0.3 is 9.47 Å². The molecule has 0 bridgehead atoms. The van der Waals surface area contributed by atoms with Crippen molar-refractivity contribution >= 4 is 5.91 Å². The average molecular weight is 323 g/mol. The smallest absolute Gasteiger partial charge is 0.274 e. The van der Waals surface area contributed by atoms with Gasteiger partial charge in [0.25, 0.3) is 5.91 Å². The first-order valence-corrected chi connectivity index (χ1v) is 9.29. The summed E-state index contributed by atoms with van der Waals surface area (Å²) in [6.45, 7) is 2.73. The molecule has 1 aromatic carbocycles. The molecule has 0 spiro atoms. The predicted octanol–water partition coefficient (Wildman–Crippen LogP) is 3.90. The number of likely N-dealkylation sites (tertiary alicyclic amines) is 1. The lowest BCUT2D eigenvalue weighted by atomic mass is 10.1. The second kappa shape index (κ2) is 6.80. The molecule has 24 heavy (non-hydrogen) atoms. The van der Waals surface area contributed by atoms with Gasteiger partial charge in [-0.25, -0.2) is 4.98 Å². The molecule has 4 heteroatoms. The first-order chi connectivity index (χ1) is 11.8. The minimum Gasteiger partial charge on any atom is -0.337 e. The third kappa shape index (κ3) is 2.85. The summed E-state index contributed by atoms with van der Waals surface area (Å²) in [5.41, 5.74) is 2.97. The zero-order valence-electron chi connectivity index (χ0n) is 14.2. The van der Waals surface area contributed by atoms with Crippen LogP contribution in [0, 0.1) is 0 Å². The molecule has 1 saturated heterocycles. The molecule has 126 valence electrons. The van der Waals surface area contributed by atoms with Gasteiger partial charge in [-0.3, -0.25) is 4.79 Å². The number of carbonyl (C=O) groups excluding carboxylic acids is 1. The van der Waals surface area contributed by atoms with Crippen molar-refractivity contribution in [2.45, 2.75) is 51.5 Å². The first-order valence-electron chi connectivity index (χ1n) is 9.29. The van der Waals surface area contributed by atoms with Gasteiger partial charge >= 0.3 is 0 Å². The summed E-state index contributed by atoms with van der Waals surface area (Å²) < 4.78 is 2.31. The third-order valence-electron chi connectivity index (χ3n) is 5.25. The van der Waals surface area contributed by atoms with Gasteiger partial charge in [0.15, 0.2) is 0 Å². The highest BCUT2D eigenvalue weighted by molar-refractivity contribution is 5.94. The number of amides is 1. The summed E-state index contributed by atoms with van der Waals surface area (Å²) in [6, 6.07) is 10.3. The maximum atomic E-state index is 13.1. The minimum atomic E-state index is 0.141. The summed E-state index contributed by atoms with van der Waals surface area (Å²) in [4.78, 5) is 19.9. The largest absolute Gasteiger partial charge is 0.337 e. The Morgan fingerprint density at radius 3 is 2.38 bits per heavy atom. The molecule has 0 N–H and O–H groups in total. The number of hydrogen-bond acceptors (Lipinski definition) is 2. The van der Waals surface area contributed by atoms with E-state index in [1.165, 1.54) is 19.3 Å². The minimum absolute atomic E-state index is 0.141. The molecule has 3 heterocycles. The van der Waals surface area contributed by atoms with E-state index in [1.807, 2.05) is 23.1 Å². The number of hydrogen-bond donors (Lipinski definition) is 0. The molecule has 1 aromatic heterocycles. The molecule has 4 rings (SSSR count). The fraction of sp³-hybridized carbons (Fsp3) is 0.500. The number of aromatic nitrogens is 2. The van der Waals surface area contributed by atoms with Gasteiger partial charge in [0.1, 0.15) is 11.5 Å². The molecule has 2 aliphatic heterocycles. The van der Waals surface area contributed by atoms with E-state index in [4.69, 9.17) is 4.98 Å². The fourth-order valence-corrected chi connectivity index (χ4v) is 3.95. The Hall–Kier alpha value is -2.10. The van der Waals surface area contributed by atoms with Crippen molar-refractivity contribution in [1.29, 1.82) is 0 Å². The first kappa shape index (κ1) is 15.4. The molecule has 0 unspecified atom stereocenters. The van der Waals surface area contributed by atoms with Crippen molar-refractivity contribution in [3.8, 4) is 11.4 Å². The number of imidazole rings is 1. The number of fused-ring (bicyclic) bond motifs is 1. The lowest BCUT2D eigenvalue weighted by Crippen LogP contribution is -2.36. The van der Waals surface area contributed by atoms with Gasteiger partial charge in [0.2, 0.25) is 0 Å². The summed E-state index contributed by atoms with van der Waals surface area (Å²) in [6.07, 6.45) is 7.99. The van der Waals surface area contributed by atoms with Crippen molar-refractivity contribution in [3.63, 3.8) is 0 Å². The van der Waals surface area contributed by atoms with Crippen LogP contribution in [-0.4, -0.2) is 33.4 Å². The van der Waals surface area contributed by atoms with Gasteiger partial charge in [-0.2, -0.15) is 0 Å². The molecule has 0 aliphatic carbocycles. The zero-order chi connectivity index (χ0) is 16.4. The number of benzene rings is 1. The summed E-state index contributed by atoms with van der Waals surface area (Å²) in [7, 11) is 0. The molecule has 0 saturated carbocycles. The van der Waals surface area contributed by atoms with Crippen molar-refractivity contribution in [1.82, 2.24) is 14.5 Å². The highest BCUT2D eigenvalue weighted by Crippen LogP contribution is 2.28. The van der Waals surface area contributed by atoms with E-state index in [0.717, 1.165) is 62.4 Å². The predicted molar refractivity (Wildman–Crippen MR) is 95.0 cm³/mol. The van der Waals surface area contributed by atoms with Crippen molar-refractivity contribution < 1.29 is 4.79 Å². The molecular weight excluding hydrogens is 298 g/mol. The maximum Gasteiger partial charge on any atom is 0.274 e. The van der Waals surface area contributed by atoms with E-state index in [0.29, 0.717) is 5.69 Å². The van der Waals surface area contributed by atoms with Crippen LogP contribution in [-0.2, 0) is 13.0 Å². The monoisotopic (exact) mass is 323 g/mol. The van der Waals surface area contributed by atoms with Crippen molar-refractivity contribution in [2.75, 3.05) is 13.1 Å². The highest BCUT2D eigenvalue weighted by atomic mass is 16.2. The van der Waals surface area contributed by atoms with E-state index in [9.17, 15) is 4.79 Å². The topological polar surface area (TPSA) is 38.1 Å². The van der Waals surface area contributed by atoms with Gasteiger partial charge in [-0.1, -0.05) is 36.8 Å². The standard InChI is InChI=1S/C20H25N3O/c24-20(22-13-7-3-8-14-22)18-17-12-6-2-9-15-23(17)19(21-18)16-10-4-1-5-11-16/h1,4-5,10-11H,2-3,6-9,12-15H2. The third-order valence-corrected chi connectivity index (χ3v) is 5.25. The van der Waals surface area contributed by atoms with Crippen LogP contribution in [0.1, 0.15) is 54.7 Å². The Balaban J connectivity index is 1.76.